The highest BCUT2D eigenvalue weighted by Gasteiger charge is 2.20. The molecule has 1 rings (SSSR count). The van der Waals surface area contributed by atoms with Crippen molar-refractivity contribution in [1.29, 1.82) is 0 Å². The average molecular weight is 297 g/mol. The molecule has 0 radical (unpaired) electrons. The molecule has 1 aromatic rings. The molecule has 1 N–H and O–H groups in total. The highest BCUT2D eigenvalue weighted by atomic mass is 19.1. The summed E-state index contributed by atoms with van der Waals surface area (Å²) in [6.07, 6.45) is 2.63. The molecule has 0 aliphatic rings. The summed E-state index contributed by atoms with van der Waals surface area (Å²) in [4.78, 5) is 0. The van der Waals surface area contributed by atoms with Gasteiger partial charge < -0.3 is 5.32 Å². The van der Waals surface area contributed by atoms with E-state index in [1.807, 2.05) is 6.92 Å². The van der Waals surface area contributed by atoms with Gasteiger partial charge in [-0.05, 0) is 60.9 Å². The molecule has 0 fully saturated rings. The Morgan fingerprint density at radius 1 is 1.19 bits per heavy atom. The van der Waals surface area contributed by atoms with Crippen LogP contribution in [0, 0.1) is 23.0 Å². The average Bonchev–Trinajstić information content (AvgIpc) is 2.31. The van der Waals surface area contributed by atoms with Gasteiger partial charge in [0.25, 0.3) is 0 Å². The second-order valence-corrected chi connectivity index (χ2v) is 7.30. The Balaban J connectivity index is 2.71. The lowest BCUT2D eigenvalue weighted by Gasteiger charge is -2.27. The molecule has 1 nitrogen and oxygen atoms in total. The Labute approximate surface area is 128 Å². The molecule has 2 unspecified atom stereocenters. The van der Waals surface area contributed by atoms with Crippen LogP contribution in [0.1, 0.15) is 53.0 Å². The quantitative estimate of drug-likeness (QED) is 0.751. The minimum absolute atomic E-state index is 0.184. The number of rotatable bonds is 7. The van der Waals surface area contributed by atoms with Gasteiger partial charge in [0, 0.05) is 6.04 Å². The maximum atomic E-state index is 13.8. The van der Waals surface area contributed by atoms with Crippen molar-refractivity contribution in [2.45, 2.75) is 59.9 Å². The first-order chi connectivity index (χ1) is 9.71. The largest absolute Gasteiger partial charge is 0.314 e. The third-order valence-corrected chi connectivity index (χ3v) is 3.61. The Kier molecular flexibility index (Phi) is 6.79. The fourth-order valence-corrected chi connectivity index (χ4v) is 3.11. The summed E-state index contributed by atoms with van der Waals surface area (Å²) in [7, 11) is 0. The van der Waals surface area contributed by atoms with Crippen molar-refractivity contribution in [2.75, 3.05) is 6.54 Å². The molecule has 0 bridgehead atoms. The second kappa shape index (κ2) is 7.88. The Hall–Kier alpha value is -0.960. The van der Waals surface area contributed by atoms with Crippen LogP contribution < -0.4 is 5.32 Å². The molecule has 0 amide bonds. The Morgan fingerprint density at radius 2 is 1.86 bits per heavy atom. The van der Waals surface area contributed by atoms with Crippen LogP contribution >= 0.6 is 0 Å². The van der Waals surface area contributed by atoms with Crippen molar-refractivity contribution in [3.05, 3.63) is 35.4 Å². The van der Waals surface area contributed by atoms with Crippen LogP contribution in [-0.2, 0) is 6.42 Å². The highest BCUT2D eigenvalue weighted by Crippen LogP contribution is 2.27. The van der Waals surface area contributed by atoms with Crippen molar-refractivity contribution in [3.63, 3.8) is 0 Å². The van der Waals surface area contributed by atoms with Crippen LogP contribution in [0.25, 0.3) is 0 Å². The first-order valence-corrected chi connectivity index (χ1v) is 7.88. The van der Waals surface area contributed by atoms with Crippen molar-refractivity contribution in [2.24, 2.45) is 11.3 Å². The Morgan fingerprint density at radius 3 is 2.43 bits per heavy atom. The first kappa shape index (κ1) is 18.1. The predicted octanol–water partition coefficient (Wildman–Crippen LogP) is 4.95. The molecule has 0 aromatic heterocycles. The predicted molar refractivity (Wildman–Crippen MR) is 85.4 cm³/mol. The SMILES string of the molecule is CCNC(Cc1cc(F)ccc1F)CC(C)CC(C)(C)C. The van der Waals surface area contributed by atoms with Gasteiger partial charge in [-0.15, -0.1) is 0 Å². The fourth-order valence-electron chi connectivity index (χ4n) is 3.11. The Bertz CT molecular complexity index is 437. The monoisotopic (exact) mass is 297 g/mol. The van der Waals surface area contributed by atoms with Gasteiger partial charge in [-0.1, -0.05) is 34.6 Å². The molecule has 0 saturated heterocycles. The number of halogens is 2. The molecule has 3 heteroatoms. The summed E-state index contributed by atoms with van der Waals surface area (Å²) < 4.78 is 27.1. The van der Waals surface area contributed by atoms with Crippen molar-refractivity contribution >= 4 is 0 Å². The molecule has 0 heterocycles. The van der Waals surface area contributed by atoms with Crippen molar-refractivity contribution in [1.82, 2.24) is 5.32 Å². The van der Waals surface area contributed by atoms with Gasteiger partial charge in [-0.2, -0.15) is 0 Å². The zero-order valence-corrected chi connectivity index (χ0v) is 14.0. The minimum Gasteiger partial charge on any atom is -0.314 e. The summed E-state index contributed by atoms with van der Waals surface area (Å²) in [5, 5.41) is 3.41. The summed E-state index contributed by atoms with van der Waals surface area (Å²) in [5.41, 5.74) is 0.754. The van der Waals surface area contributed by atoms with E-state index in [9.17, 15) is 8.78 Å². The second-order valence-electron chi connectivity index (χ2n) is 7.30. The van der Waals surface area contributed by atoms with Crippen LogP contribution in [0.4, 0.5) is 8.78 Å². The molecule has 0 spiro atoms. The van der Waals surface area contributed by atoms with Crippen molar-refractivity contribution in [3.8, 4) is 0 Å². The number of hydrogen-bond acceptors (Lipinski definition) is 1. The van der Waals surface area contributed by atoms with Gasteiger partial charge in [0.1, 0.15) is 11.6 Å². The molecule has 1 aromatic carbocycles. The van der Waals surface area contributed by atoms with E-state index in [-0.39, 0.29) is 17.7 Å². The molecule has 0 aliphatic heterocycles. The summed E-state index contributed by atoms with van der Waals surface area (Å²) in [6, 6.07) is 3.88. The summed E-state index contributed by atoms with van der Waals surface area (Å²) >= 11 is 0. The summed E-state index contributed by atoms with van der Waals surface area (Å²) in [6.45, 7) is 11.8. The molecule has 120 valence electrons. The highest BCUT2D eigenvalue weighted by molar-refractivity contribution is 5.19. The van der Waals surface area contributed by atoms with E-state index >= 15 is 0 Å². The van der Waals surface area contributed by atoms with Crippen LogP contribution in [0.3, 0.4) is 0 Å². The lowest BCUT2D eigenvalue weighted by atomic mass is 9.82. The molecule has 2 atom stereocenters. The van der Waals surface area contributed by atoms with Crippen LogP contribution in [0.2, 0.25) is 0 Å². The van der Waals surface area contributed by atoms with E-state index in [0.717, 1.165) is 19.4 Å². The summed E-state index contributed by atoms with van der Waals surface area (Å²) in [5.74, 6) is -0.141. The van der Waals surface area contributed by atoms with Crippen LogP contribution in [-0.4, -0.2) is 12.6 Å². The van der Waals surface area contributed by atoms with Gasteiger partial charge in [0.05, 0.1) is 0 Å². The van der Waals surface area contributed by atoms with Gasteiger partial charge in [-0.3, -0.25) is 0 Å². The van der Waals surface area contributed by atoms with Gasteiger partial charge >= 0.3 is 0 Å². The lowest BCUT2D eigenvalue weighted by molar-refractivity contribution is 0.274. The molecular weight excluding hydrogens is 268 g/mol. The van der Waals surface area contributed by atoms with Gasteiger partial charge in [0.2, 0.25) is 0 Å². The van der Waals surface area contributed by atoms with Crippen LogP contribution in [0.5, 0.6) is 0 Å². The molecule has 0 aliphatic carbocycles. The van der Waals surface area contributed by atoms with Gasteiger partial charge in [-0.25, -0.2) is 8.78 Å². The standard InChI is InChI=1S/C18H29F2N/c1-6-21-16(9-13(2)12-18(3,4)5)11-14-10-15(19)7-8-17(14)20/h7-8,10,13,16,21H,6,9,11-12H2,1-5H3. The molecule has 0 saturated carbocycles. The third-order valence-electron chi connectivity index (χ3n) is 3.61. The topological polar surface area (TPSA) is 12.0 Å². The van der Waals surface area contributed by atoms with E-state index in [1.165, 1.54) is 18.2 Å². The van der Waals surface area contributed by atoms with E-state index < -0.39 is 0 Å². The normalized spacial score (nSPS) is 15.0. The number of benzene rings is 1. The minimum atomic E-state index is -0.371. The zero-order valence-electron chi connectivity index (χ0n) is 14.0. The van der Waals surface area contributed by atoms with E-state index in [1.54, 1.807) is 0 Å². The van der Waals surface area contributed by atoms with Crippen molar-refractivity contribution < 1.29 is 8.78 Å². The first-order valence-electron chi connectivity index (χ1n) is 7.88. The maximum absolute atomic E-state index is 13.8. The van der Waals surface area contributed by atoms with E-state index in [4.69, 9.17) is 0 Å². The zero-order chi connectivity index (χ0) is 16.0. The number of likely N-dealkylation sites (N-methyl/N-ethyl adjacent to an activating group) is 1. The van der Waals surface area contributed by atoms with Gasteiger partial charge in [0.15, 0.2) is 0 Å². The fraction of sp³-hybridized carbons (Fsp3) is 0.667. The molecule has 21 heavy (non-hydrogen) atoms. The van der Waals surface area contributed by atoms with E-state index in [0.29, 0.717) is 23.3 Å². The van der Waals surface area contributed by atoms with Crippen LogP contribution in [0.15, 0.2) is 18.2 Å². The maximum Gasteiger partial charge on any atom is 0.126 e. The molecular formula is C18H29F2N. The lowest BCUT2D eigenvalue weighted by Crippen LogP contribution is -2.33. The number of nitrogens with one attached hydrogen (secondary N) is 1. The number of hydrogen-bond donors (Lipinski definition) is 1. The third kappa shape index (κ3) is 7.03. The van der Waals surface area contributed by atoms with E-state index in [2.05, 4.69) is 33.0 Å². The smallest absolute Gasteiger partial charge is 0.126 e.